The van der Waals surface area contributed by atoms with E-state index in [4.69, 9.17) is 11.6 Å². The van der Waals surface area contributed by atoms with Crippen LogP contribution in [0.1, 0.15) is 36.8 Å². The van der Waals surface area contributed by atoms with Crippen LogP contribution in [0.5, 0.6) is 5.75 Å². The lowest BCUT2D eigenvalue weighted by atomic mass is 9.89. The number of benzene rings is 3. The third-order valence-electron chi connectivity index (χ3n) is 6.93. The minimum atomic E-state index is -4.90. The molecule has 0 bridgehead atoms. The molecule has 2 unspecified atom stereocenters. The summed E-state index contributed by atoms with van der Waals surface area (Å²) in [6.07, 6.45) is -0.0773. The number of nitrogens with zero attached hydrogens (tertiary/aromatic N) is 1. The van der Waals surface area contributed by atoms with E-state index < -0.39 is 22.1 Å². The van der Waals surface area contributed by atoms with Gasteiger partial charge in [-0.3, -0.25) is 0 Å². The van der Waals surface area contributed by atoms with E-state index >= 15 is 0 Å². The van der Waals surface area contributed by atoms with E-state index in [2.05, 4.69) is 38.6 Å². The third-order valence-corrected chi connectivity index (χ3v) is 8.93. The van der Waals surface area contributed by atoms with E-state index in [1.165, 1.54) is 11.1 Å². The van der Waals surface area contributed by atoms with Crippen molar-refractivity contribution in [2.75, 3.05) is 4.90 Å². The number of anilines is 2. The van der Waals surface area contributed by atoms with Crippen LogP contribution < -0.4 is 14.4 Å². The number of nitrogens with one attached hydrogen (secondary N) is 1. The minimum absolute atomic E-state index is 0.0693. The molecule has 10 heteroatoms. The highest BCUT2D eigenvalue weighted by atomic mass is 35.5. The van der Waals surface area contributed by atoms with Crippen LogP contribution in [0.3, 0.4) is 0 Å². The van der Waals surface area contributed by atoms with Gasteiger partial charge in [-0.1, -0.05) is 48.0 Å². The Bertz CT molecular complexity index is 1350. The van der Waals surface area contributed by atoms with E-state index in [0.717, 1.165) is 55.3 Å². The summed E-state index contributed by atoms with van der Waals surface area (Å²) in [5, 5.41) is -0.336. The van der Waals surface area contributed by atoms with Crippen molar-refractivity contribution in [3.63, 3.8) is 0 Å². The van der Waals surface area contributed by atoms with Crippen LogP contribution in [0.25, 0.3) is 0 Å². The summed E-state index contributed by atoms with van der Waals surface area (Å²) in [4.78, 5) is 2.07. The summed E-state index contributed by atoms with van der Waals surface area (Å²) in [6.45, 7) is 0. The molecule has 0 aromatic heterocycles. The number of halogens is 4. The molecule has 5 rings (SSSR count). The van der Waals surface area contributed by atoms with Crippen LogP contribution in [-0.4, -0.2) is 26.9 Å². The highest BCUT2D eigenvalue weighted by Crippen LogP contribution is 2.41. The Hall–Kier alpha value is -2.75. The van der Waals surface area contributed by atoms with Crippen LogP contribution in [-0.2, 0) is 22.9 Å². The normalized spacial score (nSPS) is 20.1. The first kappa shape index (κ1) is 25.9. The van der Waals surface area contributed by atoms with Gasteiger partial charge in [0, 0.05) is 29.5 Å². The molecule has 0 amide bonds. The maximum absolute atomic E-state index is 13.2. The highest BCUT2D eigenvalue weighted by molar-refractivity contribution is 7.89. The SMILES string of the molecule is O=S(=O)(NC1CCCC(N2c3ccccc3CCc3ccccc32)C1)c1ccc(OC(F)(F)F)cc1Cl. The number of ether oxygens (including phenoxy) is 1. The van der Waals surface area contributed by atoms with Gasteiger partial charge in [0.05, 0.1) is 5.02 Å². The predicted octanol–water partition coefficient (Wildman–Crippen LogP) is 6.77. The van der Waals surface area contributed by atoms with Crippen LogP contribution in [0.15, 0.2) is 71.6 Å². The Morgan fingerprint density at radius 1 is 0.919 bits per heavy atom. The molecule has 1 saturated carbocycles. The van der Waals surface area contributed by atoms with Crippen molar-refractivity contribution in [3.8, 4) is 5.75 Å². The molecule has 1 fully saturated rings. The number of rotatable bonds is 5. The summed E-state index contributed by atoms with van der Waals surface area (Å²) < 4.78 is 70.5. The number of hydrogen-bond acceptors (Lipinski definition) is 4. The molecule has 37 heavy (non-hydrogen) atoms. The number of hydrogen-bond donors (Lipinski definition) is 1. The molecule has 0 radical (unpaired) electrons. The second kappa shape index (κ2) is 10.2. The summed E-state index contributed by atoms with van der Waals surface area (Å²) in [5.74, 6) is -0.576. The molecular weight excluding hydrogens is 525 g/mol. The molecule has 0 spiro atoms. The monoisotopic (exact) mass is 550 g/mol. The molecule has 5 nitrogen and oxygen atoms in total. The van der Waals surface area contributed by atoms with Crippen molar-refractivity contribution in [1.82, 2.24) is 4.72 Å². The molecule has 2 atom stereocenters. The maximum Gasteiger partial charge on any atom is 0.573 e. The van der Waals surface area contributed by atoms with E-state index in [0.29, 0.717) is 12.8 Å². The standard InChI is InChI=1S/C27H26ClF3N2O3S/c28-23-17-22(36-27(29,30)31)14-15-26(23)37(34,35)32-20-8-5-9-21(16-20)33-24-10-3-1-6-18(24)12-13-19-7-2-4-11-25(19)33/h1-4,6-7,10-11,14-15,17,20-21,32H,5,8-9,12-13,16H2. The second-order valence-corrected chi connectivity index (χ2v) is 11.5. The zero-order valence-corrected chi connectivity index (χ0v) is 21.4. The van der Waals surface area contributed by atoms with Gasteiger partial charge in [-0.2, -0.15) is 0 Å². The fourth-order valence-corrected chi connectivity index (χ4v) is 7.21. The largest absolute Gasteiger partial charge is 0.573 e. The van der Waals surface area contributed by atoms with Crippen LogP contribution in [0.4, 0.5) is 24.5 Å². The van der Waals surface area contributed by atoms with E-state index in [-0.39, 0.29) is 22.0 Å². The lowest BCUT2D eigenvalue weighted by Gasteiger charge is -2.40. The van der Waals surface area contributed by atoms with E-state index in [9.17, 15) is 21.6 Å². The molecule has 196 valence electrons. The molecule has 1 N–H and O–H groups in total. The molecule has 1 aliphatic carbocycles. The van der Waals surface area contributed by atoms with Gasteiger partial charge in [0.25, 0.3) is 0 Å². The lowest BCUT2D eigenvalue weighted by Crippen LogP contribution is -2.44. The first-order valence-electron chi connectivity index (χ1n) is 12.1. The van der Waals surface area contributed by atoms with Gasteiger partial charge in [0.1, 0.15) is 10.6 Å². The number of sulfonamides is 1. The number of alkyl halides is 3. The van der Waals surface area contributed by atoms with Gasteiger partial charge in [0.15, 0.2) is 0 Å². The highest BCUT2D eigenvalue weighted by Gasteiger charge is 2.34. The van der Waals surface area contributed by atoms with Crippen molar-refractivity contribution < 1.29 is 26.3 Å². The summed E-state index contributed by atoms with van der Waals surface area (Å²) >= 11 is 6.07. The second-order valence-electron chi connectivity index (χ2n) is 9.41. The Morgan fingerprint density at radius 3 is 2.14 bits per heavy atom. The first-order chi connectivity index (χ1) is 17.6. The van der Waals surface area contributed by atoms with Gasteiger partial charge >= 0.3 is 6.36 Å². The first-order valence-corrected chi connectivity index (χ1v) is 14.0. The third kappa shape index (κ3) is 5.73. The average Bonchev–Trinajstić information content (AvgIpc) is 3.00. The molecular formula is C27H26ClF3N2O3S. The zero-order chi connectivity index (χ0) is 26.2. The Morgan fingerprint density at radius 2 is 1.54 bits per heavy atom. The Balaban J connectivity index is 1.39. The van der Waals surface area contributed by atoms with Crippen molar-refractivity contribution >= 4 is 33.0 Å². The van der Waals surface area contributed by atoms with Crippen molar-refractivity contribution in [2.45, 2.75) is 61.9 Å². The Labute approximate surface area is 219 Å². The van der Waals surface area contributed by atoms with Gasteiger partial charge in [-0.05, 0) is 73.9 Å². The van der Waals surface area contributed by atoms with Crippen molar-refractivity contribution in [3.05, 3.63) is 82.9 Å². The number of fused-ring (bicyclic) bond motifs is 2. The molecule has 3 aromatic carbocycles. The molecule has 3 aromatic rings. The quantitative estimate of drug-likeness (QED) is 0.381. The smallest absolute Gasteiger partial charge is 0.406 e. The average molecular weight is 551 g/mol. The summed E-state index contributed by atoms with van der Waals surface area (Å²) in [6, 6.07) is 19.2. The number of para-hydroxylation sites is 2. The van der Waals surface area contributed by atoms with E-state index in [1.807, 2.05) is 24.3 Å². The molecule has 2 aliphatic rings. The van der Waals surface area contributed by atoms with E-state index in [1.54, 1.807) is 0 Å². The molecule has 1 heterocycles. The topological polar surface area (TPSA) is 58.6 Å². The fourth-order valence-electron chi connectivity index (χ4n) is 5.39. The van der Waals surface area contributed by atoms with Crippen LogP contribution in [0, 0.1) is 0 Å². The van der Waals surface area contributed by atoms with Gasteiger partial charge in [0.2, 0.25) is 10.0 Å². The Kier molecular flexibility index (Phi) is 7.13. The summed E-state index contributed by atoms with van der Waals surface area (Å²) in [7, 11) is -4.07. The van der Waals surface area contributed by atoms with Crippen molar-refractivity contribution in [1.29, 1.82) is 0 Å². The number of aryl methyl sites for hydroxylation is 2. The van der Waals surface area contributed by atoms with Gasteiger partial charge in [-0.15, -0.1) is 13.2 Å². The maximum atomic E-state index is 13.2. The van der Waals surface area contributed by atoms with Crippen LogP contribution in [0.2, 0.25) is 5.02 Å². The minimum Gasteiger partial charge on any atom is -0.406 e. The predicted molar refractivity (Wildman–Crippen MR) is 137 cm³/mol. The lowest BCUT2D eigenvalue weighted by molar-refractivity contribution is -0.274. The zero-order valence-electron chi connectivity index (χ0n) is 19.8. The van der Waals surface area contributed by atoms with Gasteiger partial charge in [-0.25, -0.2) is 13.1 Å². The van der Waals surface area contributed by atoms with Crippen LogP contribution >= 0.6 is 11.6 Å². The van der Waals surface area contributed by atoms with Crippen molar-refractivity contribution in [2.24, 2.45) is 0 Å². The van der Waals surface area contributed by atoms with Gasteiger partial charge < -0.3 is 9.64 Å². The fraction of sp³-hybridized carbons (Fsp3) is 0.333. The molecule has 0 saturated heterocycles. The summed E-state index contributed by atoms with van der Waals surface area (Å²) in [5.41, 5.74) is 4.80. The molecule has 1 aliphatic heterocycles.